The van der Waals surface area contributed by atoms with Gasteiger partial charge in [-0.25, -0.2) is 4.98 Å². The molecule has 0 saturated carbocycles. The lowest BCUT2D eigenvalue weighted by atomic mass is 9.93. The molecule has 2 unspecified atom stereocenters. The average molecular weight is 235 g/mol. The highest BCUT2D eigenvalue weighted by molar-refractivity contribution is 5.23. The van der Waals surface area contributed by atoms with Crippen LogP contribution >= 0.6 is 0 Å². The van der Waals surface area contributed by atoms with Gasteiger partial charge in [0.05, 0.1) is 17.3 Å². The predicted molar refractivity (Wildman–Crippen MR) is 66.1 cm³/mol. The summed E-state index contributed by atoms with van der Waals surface area (Å²) in [7, 11) is 0. The number of rotatable bonds is 1. The molecule has 1 aromatic rings. The van der Waals surface area contributed by atoms with E-state index in [4.69, 9.17) is 9.72 Å². The summed E-state index contributed by atoms with van der Waals surface area (Å²) in [6.07, 6.45) is 2.44. The minimum Gasteiger partial charge on any atom is -0.376 e. The molecule has 1 aromatic heterocycles. The molecule has 2 aliphatic rings. The third-order valence-corrected chi connectivity index (χ3v) is 4.42. The first-order valence-corrected chi connectivity index (χ1v) is 6.53. The fourth-order valence-electron chi connectivity index (χ4n) is 3.24. The number of fused-ring (bicyclic) bond motifs is 1. The molecular formula is C13H21N3O. The SMILES string of the molecule is Cc1nc2c(n1C1(C)CCOC1C)CCNC2. The third-order valence-electron chi connectivity index (χ3n) is 4.42. The van der Waals surface area contributed by atoms with Crippen LogP contribution in [-0.4, -0.2) is 28.8 Å². The maximum absolute atomic E-state index is 5.77. The van der Waals surface area contributed by atoms with E-state index in [9.17, 15) is 0 Å². The summed E-state index contributed by atoms with van der Waals surface area (Å²) in [4.78, 5) is 4.72. The highest BCUT2D eigenvalue weighted by atomic mass is 16.5. The second-order valence-electron chi connectivity index (χ2n) is 5.43. The smallest absolute Gasteiger partial charge is 0.106 e. The normalized spacial score (nSPS) is 32.8. The Kier molecular flexibility index (Phi) is 2.52. The highest BCUT2D eigenvalue weighted by Crippen LogP contribution is 2.36. The van der Waals surface area contributed by atoms with Gasteiger partial charge in [0.15, 0.2) is 0 Å². The van der Waals surface area contributed by atoms with Crippen molar-refractivity contribution in [1.82, 2.24) is 14.9 Å². The number of hydrogen-bond donors (Lipinski definition) is 1. The summed E-state index contributed by atoms with van der Waals surface area (Å²) in [5, 5.41) is 3.39. The van der Waals surface area contributed by atoms with Crippen LogP contribution in [0.5, 0.6) is 0 Å². The van der Waals surface area contributed by atoms with Gasteiger partial charge in [-0.1, -0.05) is 0 Å². The molecule has 1 fully saturated rings. The van der Waals surface area contributed by atoms with Crippen LogP contribution in [0.4, 0.5) is 0 Å². The Balaban J connectivity index is 2.11. The van der Waals surface area contributed by atoms with Gasteiger partial charge >= 0.3 is 0 Å². The van der Waals surface area contributed by atoms with Crippen molar-refractivity contribution in [3.63, 3.8) is 0 Å². The third kappa shape index (κ3) is 1.54. The molecule has 4 heteroatoms. The number of hydrogen-bond acceptors (Lipinski definition) is 3. The first-order valence-electron chi connectivity index (χ1n) is 6.53. The lowest BCUT2D eigenvalue weighted by Gasteiger charge is -2.33. The van der Waals surface area contributed by atoms with Gasteiger partial charge in [-0.2, -0.15) is 0 Å². The quantitative estimate of drug-likeness (QED) is 0.799. The van der Waals surface area contributed by atoms with Crippen molar-refractivity contribution in [1.29, 1.82) is 0 Å². The van der Waals surface area contributed by atoms with Gasteiger partial charge in [-0.05, 0) is 27.2 Å². The molecule has 0 amide bonds. The first-order chi connectivity index (χ1) is 8.13. The predicted octanol–water partition coefficient (Wildman–Crippen LogP) is 1.36. The molecule has 4 nitrogen and oxygen atoms in total. The Hall–Kier alpha value is -0.870. The molecule has 3 heterocycles. The van der Waals surface area contributed by atoms with E-state index in [1.54, 1.807) is 0 Å². The van der Waals surface area contributed by atoms with E-state index in [1.807, 2.05) is 0 Å². The van der Waals surface area contributed by atoms with Crippen LogP contribution < -0.4 is 5.32 Å². The van der Waals surface area contributed by atoms with E-state index >= 15 is 0 Å². The fraction of sp³-hybridized carbons (Fsp3) is 0.769. The lowest BCUT2D eigenvalue weighted by Crippen LogP contribution is -2.40. The molecule has 94 valence electrons. The Bertz CT molecular complexity index is 440. The number of nitrogens with one attached hydrogen (secondary N) is 1. The summed E-state index contributed by atoms with van der Waals surface area (Å²) in [6.45, 7) is 9.44. The van der Waals surface area contributed by atoms with Crippen LogP contribution in [0.3, 0.4) is 0 Å². The summed E-state index contributed by atoms with van der Waals surface area (Å²) >= 11 is 0. The molecule has 0 aliphatic carbocycles. The van der Waals surface area contributed by atoms with Crippen LogP contribution in [0.1, 0.15) is 37.5 Å². The van der Waals surface area contributed by atoms with Crippen molar-refractivity contribution < 1.29 is 4.74 Å². The van der Waals surface area contributed by atoms with Gasteiger partial charge in [-0.3, -0.25) is 0 Å². The zero-order chi connectivity index (χ0) is 12.0. The van der Waals surface area contributed by atoms with E-state index in [2.05, 4.69) is 30.7 Å². The van der Waals surface area contributed by atoms with E-state index < -0.39 is 0 Å². The Morgan fingerprint density at radius 3 is 3.06 bits per heavy atom. The van der Waals surface area contributed by atoms with Gasteiger partial charge in [0.2, 0.25) is 0 Å². The van der Waals surface area contributed by atoms with E-state index in [0.29, 0.717) is 0 Å². The number of nitrogens with zero attached hydrogens (tertiary/aromatic N) is 2. The van der Waals surface area contributed by atoms with Crippen LogP contribution in [-0.2, 0) is 23.2 Å². The van der Waals surface area contributed by atoms with Crippen LogP contribution in [0.2, 0.25) is 0 Å². The summed E-state index contributed by atoms with van der Waals surface area (Å²) < 4.78 is 8.22. The monoisotopic (exact) mass is 235 g/mol. The highest BCUT2D eigenvalue weighted by Gasteiger charge is 2.41. The van der Waals surface area contributed by atoms with Crippen LogP contribution in [0, 0.1) is 6.92 Å². The van der Waals surface area contributed by atoms with Crippen molar-refractivity contribution in [3.05, 3.63) is 17.2 Å². The van der Waals surface area contributed by atoms with E-state index in [1.165, 1.54) is 11.4 Å². The van der Waals surface area contributed by atoms with Crippen molar-refractivity contribution >= 4 is 0 Å². The Morgan fingerprint density at radius 1 is 1.53 bits per heavy atom. The van der Waals surface area contributed by atoms with Crippen molar-refractivity contribution in [2.24, 2.45) is 0 Å². The maximum atomic E-state index is 5.77. The van der Waals surface area contributed by atoms with Crippen molar-refractivity contribution in [2.45, 2.75) is 51.8 Å². The van der Waals surface area contributed by atoms with Crippen molar-refractivity contribution in [3.8, 4) is 0 Å². The number of aromatic nitrogens is 2. The van der Waals surface area contributed by atoms with Gasteiger partial charge in [0.25, 0.3) is 0 Å². The molecule has 3 rings (SSSR count). The summed E-state index contributed by atoms with van der Waals surface area (Å²) in [6, 6.07) is 0. The molecule has 0 radical (unpaired) electrons. The largest absolute Gasteiger partial charge is 0.376 e. The zero-order valence-corrected chi connectivity index (χ0v) is 10.9. The second kappa shape index (κ2) is 3.82. The summed E-state index contributed by atoms with van der Waals surface area (Å²) in [5.41, 5.74) is 2.73. The maximum Gasteiger partial charge on any atom is 0.106 e. The molecule has 1 saturated heterocycles. The van der Waals surface area contributed by atoms with Gasteiger partial charge < -0.3 is 14.6 Å². The first kappa shape index (κ1) is 11.2. The number of ether oxygens (including phenoxy) is 1. The topological polar surface area (TPSA) is 39.1 Å². The molecule has 0 bridgehead atoms. The van der Waals surface area contributed by atoms with Crippen LogP contribution in [0.25, 0.3) is 0 Å². The molecule has 2 atom stereocenters. The van der Waals surface area contributed by atoms with Gasteiger partial charge in [0, 0.05) is 31.8 Å². The fourth-order valence-corrected chi connectivity index (χ4v) is 3.24. The van der Waals surface area contributed by atoms with Gasteiger partial charge in [-0.15, -0.1) is 0 Å². The Labute approximate surface area is 102 Å². The standard InChI is InChI=1S/C13H21N3O/c1-9-13(3,5-7-17-9)16-10(2)15-11-8-14-6-4-12(11)16/h9,14H,4-8H2,1-3H3. The van der Waals surface area contributed by atoms with Crippen LogP contribution in [0.15, 0.2) is 0 Å². The number of aryl methyl sites for hydroxylation is 1. The van der Waals surface area contributed by atoms with Crippen molar-refractivity contribution in [2.75, 3.05) is 13.2 Å². The molecule has 0 spiro atoms. The lowest BCUT2D eigenvalue weighted by molar-refractivity contribution is 0.0738. The minimum absolute atomic E-state index is 0.0853. The minimum atomic E-state index is 0.0853. The second-order valence-corrected chi connectivity index (χ2v) is 5.43. The van der Waals surface area contributed by atoms with Gasteiger partial charge in [0.1, 0.15) is 5.82 Å². The average Bonchev–Trinajstić information content (AvgIpc) is 2.80. The molecule has 0 aromatic carbocycles. The molecule has 2 aliphatic heterocycles. The molecular weight excluding hydrogens is 214 g/mol. The van der Waals surface area contributed by atoms with E-state index in [-0.39, 0.29) is 11.6 Å². The zero-order valence-electron chi connectivity index (χ0n) is 10.9. The molecule has 1 N–H and O–H groups in total. The Morgan fingerprint density at radius 2 is 2.35 bits per heavy atom. The molecule has 17 heavy (non-hydrogen) atoms. The summed E-state index contributed by atoms with van der Waals surface area (Å²) in [5.74, 6) is 1.14. The number of imidazole rings is 1. The van der Waals surface area contributed by atoms with E-state index in [0.717, 1.165) is 38.4 Å².